The number of carbonyl (C=O) groups excluding carboxylic acids is 1. The second-order valence-corrected chi connectivity index (χ2v) is 11.9. The van der Waals surface area contributed by atoms with E-state index in [0.29, 0.717) is 23.7 Å². The zero-order chi connectivity index (χ0) is 22.8. The Morgan fingerprint density at radius 2 is 1.84 bits per heavy atom. The summed E-state index contributed by atoms with van der Waals surface area (Å²) in [6.45, 7) is 8.52. The van der Waals surface area contributed by atoms with E-state index in [9.17, 15) is 13.2 Å². The summed E-state index contributed by atoms with van der Waals surface area (Å²) in [5.41, 5.74) is 3.05. The molecule has 0 unspecified atom stereocenters. The molecule has 0 aromatic heterocycles. The molecule has 1 heterocycles. The summed E-state index contributed by atoms with van der Waals surface area (Å²) in [6.07, 6.45) is 0.453. The number of amides is 1. The fraction of sp³-hybridized carbons (Fsp3) is 0.458. The summed E-state index contributed by atoms with van der Waals surface area (Å²) in [5, 5.41) is 0.604. The summed E-state index contributed by atoms with van der Waals surface area (Å²) in [4.78, 5) is 14.8. The Kier molecular flexibility index (Phi) is 7.01. The number of ether oxygens (including phenoxy) is 1. The highest BCUT2D eigenvalue weighted by molar-refractivity contribution is 7.91. The van der Waals surface area contributed by atoms with Crippen molar-refractivity contribution in [3.05, 3.63) is 64.2 Å². The van der Waals surface area contributed by atoms with Crippen molar-refractivity contribution in [3.63, 3.8) is 0 Å². The number of halogens is 1. The Labute approximate surface area is 190 Å². The predicted octanol–water partition coefficient (Wildman–Crippen LogP) is 4.54. The van der Waals surface area contributed by atoms with Crippen LogP contribution in [0.15, 0.2) is 42.5 Å². The molecule has 1 fully saturated rings. The van der Waals surface area contributed by atoms with Gasteiger partial charge in [0.15, 0.2) is 16.4 Å². The van der Waals surface area contributed by atoms with Gasteiger partial charge in [0.2, 0.25) is 0 Å². The van der Waals surface area contributed by atoms with Crippen molar-refractivity contribution in [2.24, 2.45) is 0 Å². The van der Waals surface area contributed by atoms with Crippen molar-refractivity contribution in [1.29, 1.82) is 0 Å². The molecule has 1 aliphatic heterocycles. The molecule has 1 aliphatic rings. The van der Waals surface area contributed by atoms with Crippen molar-refractivity contribution in [3.8, 4) is 5.75 Å². The Bertz CT molecular complexity index is 1040. The lowest BCUT2D eigenvalue weighted by Crippen LogP contribution is -2.43. The number of carbonyl (C=O) groups is 1. The Hall–Kier alpha value is -2.05. The Morgan fingerprint density at radius 3 is 2.39 bits per heavy atom. The molecule has 0 aliphatic carbocycles. The smallest absolute Gasteiger partial charge is 0.261 e. The fourth-order valence-corrected chi connectivity index (χ4v) is 5.70. The van der Waals surface area contributed by atoms with Crippen molar-refractivity contribution < 1.29 is 17.9 Å². The van der Waals surface area contributed by atoms with Gasteiger partial charge >= 0.3 is 0 Å². The van der Waals surface area contributed by atoms with Crippen LogP contribution in [0.4, 0.5) is 0 Å². The van der Waals surface area contributed by atoms with Crippen LogP contribution in [0.2, 0.25) is 5.02 Å². The maximum absolute atomic E-state index is 13.1. The van der Waals surface area contributed by atoms with Crippen LogP contribution in [0.3, 0.4) is 0 Å². The molecule has 0 bridgehead atoms. The number of benzene rings is 2. The normalized spacial score (nSPS) is 18.0. The van der Waals surface area contributed by atoms with Crippen LogP contribution < -0.4 is 4.74 Å². The van der Waals surface area contributed by atoms with E-state index < -0.39 is 9.84 Å². The topological polar surface area (TPSA) is 63.7 Å². The molecule has 3 rings (SSSR count). The first-order chi connectivity index (χ1) is 14.4. The van der Waals surface area contributed by atoms with Gasteiger partial charge in [0.05, 0.1) is 11.5 Å². The zero-order valence-electron chi connectivity index (χ0n) is 18.5. The van der Waals surface area contributed by atoms with Crippen molar-refractivity contribution in [1.82, 2.24) is 4.90 Å². The van der Waals surface area contributed by atoms with Gasteiger partial charge in [0, 0.05) is 17.6 Å². The average Bonchev–Trinajstić information content (AvgIpc) is 3.04. The fourth-order valence-electron chi connectivity index (χ4n) is 3.75. The first kappa shape index (κ1) is 23.6. The van der Waals surface area contributed by atoms with Gasteiger partial charge in [0.1, 0.15) is 5.75 Å². The van der Waals surface area contributed by atoms with E-state index in [1.54, 1.807) is 23.1 Å². The van der Waals surface area contributed by atoms with Crippen LogP contribution in [-0.2, 0) is 26.6 Å². The first-order valence-corrected chi connectivity index (χ1v) is 12.6. The minimum Gasteiger partial charge on any atom is -0.483 e. The van der Waals surface area contributed by atoms with E-state index in [1.165, 1.54) is 5.56 Å². The van der Waals surface area contributed by atoms with Gasteiger partial charge < -0.3 is 9.64 Å². The SMILES string of the molecule is Cc1cc(Cl)ccc1OCC(=O)N(Cc1ccc(C(C)(C)C)cc1)[C@H]1CCS(=O)(=O)C1. The van der Waals surface area contributed by atoms with Crippen LogP contribution in [-0.4, -0.2) is 43.4 Å². The van der Waals surface area contributed by atoms with Crippen molar-refractivity contribution in [2.45, 2.75) is 52.1 Å². The molecule has 168 valence electrons. The zero-order valence-corrected chi connectivity index (χ0v) is 20.1. The highest BCUT2D eigenvalue weighted by Crippen LogP contribution is 2.25. The molecular formula is C24H30ClNO4S. The monoisotopic (exact) mass is 463 g/mol. The molecule has 1 amide bonds. The Balaban J connectivity index is 1.76. The van der Waals surface area contributed by atoms with E-state index >= 15 is 0 Å². The first-order valence-electron chi connectivity index (χ1n) is 10.4. The summed E-state index contributed by atoms with van der Waals surface area (Å²) >= 11 is 5.98. The van der Waals surface area contributed by atoms with Gasteiger partial charge in [-0.2, -0.15) is 0 Å². The molecule has 1 atom stereocenters. The molecule has 2 aromatic rings. The van der Waals surface area contributed by atoms with Gasteiger partial charge in [-0.15, -0.1) is 0 Å². The molecule has 7 heteroatoms. The van der Waals surface area contributed by atoms with Gasteiger partial charge in [-0.1, -0.05) is 56.6 Å². The van der Waals surface area contributed by atoms with Crippen molar-refractivity contribution in [2.75, 3.05) is 18.1 Å². The van der Waals surface area contributed by atoms with Crippen molar-refractivity contribution >= 4 is 27.3 Å². The summed E-state index contributed by atoms with van der Waals surface area (Å²) in [5.74, 6) is 0.475. The molecule has 31 heavy (non-hydrogen) atoms. The largest absolute Gasteiger partial charge is 0.483 e. The van der Waals surface area contributed by atoms with E-state index in [1.807, 2.05) is 19.1 Å². The van der Waals surface area contributed by atoms with E-state index in [0.717, 1.165) is 11.1 Å². The second kappa shape index (κ2) is 9.21. The second-order valence-electron chi connectivity index (χ2n) is 9.22. The third-order valence-electron chi connectivity index (χ3n) is 5.63. The summed E-state index contributed by atoms with van der Waals surface area (Å²) < 4.78 is 29.8. The molecule has 0 N–H and O–H groups in total. The van der Waals surface area contributed by atoms with Crippen LogP contribution in [0.1, 0.15) is 43.9 Å². The summed E-state index contributed by atoms with van der Waals surface area (Å²) in [6, 6.07) is 13.0. The lowest BCUT2D eigenvalue weighted by molar-refractivity contribution is -0.136. The quantitative estimate of drug-likeness (QED) is 0.630. The minimum absolute atomic E-state index is 0.00120. The third-order valence-corrected chi connectivity index (χ3v) is 7.62. The predicted molar refractivity (Wildman–Crippen MR) is 124 cm³/mol. The van der Waals surface area contributed by atoms with Gasteiger partial charge in [-0.3, -0.25) is 4.79 Å². The van der Waals surface area contributed by atoms with Gasteiger partial charge in [-0.25, -0.2) is 8.42 Å². The number of nitrogens with zero attached hydrogens (tertiary/aromatic N) is 1. The number of sulfone groups is 1. The Morgan fingerprint density at radius 1 is 1.16 bits per heavy atom. The lowest BCUT2D eigenvalue weighted by atomic mass is 9.86. The highest BCUT2D eigenvalue weighted by Gasteiger charge is 2.35. The molecule has 5 nitrogen and oxygen atoms in total. The maximum atomic E-state index is 13.1. The number of aryl methyl sites for hydroxylation is 1. The minimum atomic E-state index is -3.12. The maximum Gasteiger partial charge on any atom is 0.261 e. The summed E-state index contributed by atoms with van der Waals surface area (Å²) in [7, 11) is -3.12. The molecule has 2 aromatic carbocycles. The number of rotatable bonds is 6. The number of hydrogen-bond acceptors (Lipinski definition) is 4. The van der Waals surface area contributed by atoms with Crippen LogP contribution in [0.25, 0.3) is 0 Å². The van der Waals surface area contributed by atoms with Crippen LogP contribution in [0, 0.1) is 6.92 Å². The van der Waals surface area contributed by atoms with Crippen LogP contribution in [0.5, 0.6) is 5.75 Å². The van der Waals surface area contributed by atoms with Gasteiger partial charge in [-0.05, 0) is 53.6 Å². The van der Waals surface area contributed by atoms with E-state index in [4.69, 9.17) is 16.3 Å². The van der Waals surface area contributed by atoms with Crippen LogP contribution >= 0.6 is 11.6 Å². The van der Waals surface area contributed by atoms with E-state index in [2.05, 4.69) is 32.9 Å². The lowest BCUT2D eigenvalue weighted by Gasteiger charge is -2.29. The molecular weight excluding hydrogens is 434 g/mol. The average molecular weight is 464 g/mol. The highest BCUT2D eigenvalue weighted by atomic mass is 35.5. The van der Waals surface area contributed by atoms with Gasteiger partial charge in [0.25, 0.3) is 5.91 Å². The molecule has 0 saturated carbocycles. The third kappa shape index (κ3) is 6.23. The number of hydrogen-bond donors (Lipinski definition) is 0. The molecule has 0 radical (unpaired) electrons. The standard InChI is InChI=1S/C24H30ClNO4S/c1-17-13-20(25)9-10-22(17)30-15-23(27)26(21-11-12-31(28,29)16-21)14-18-5-7-19(8-6-18)24(2,3)4/h5-10,13,21H,11-12,14-16H2,1-4H3/t21-/m0/s1. The molecule has 0 spiro atoms. The molecule has 1 saturated heterocycles. The van der Waals surface area contributed by atoms with E-state index in [-0.39, 0.29) is 35.5 Å².